The van der Waals surface area contributed by atoms with Crippen molar-refractivity contribution in [3.8, 4) is 0 Å². The summed E-state index contributed by atoms with van der Waals surface area (Å²) in [5.74, 6) is 0.621. The lowest BCUT2D eigenvalue weighted by atomic mass is 9.93. The van der Waals surface area contributed by atoms with Crippen LogP contribution in [0.5, 0.6) is 0 Å². The number of carbonyl (C=O) groups excluding carboxylic acids is 1. The van der Waals surface area contributed by atoms with Gasteiger partial charge in [-0.05, 0) is 52.1 Å². The summed E-state index contributed by atoms with van der Waals surface area (Å²) < 4.78 is 24.9. The predicted molar refractivity (Wildman–Crippen MR) is 79.9 cm³/mol. The van der Waals surface area contributed by atoms with E-state index in [0.29, 0.717) is 18.9 Å². The van der Waals surface area contributed by atoms with Crippen molar-refractivity contribution in [2.24, 2.45) is 5.92 Å². The smallest absolute Gasteiger partial charge is 0.220 e. The molecule has 0 aromatic carbocycles. The Balaban J connectivity index is 2.24. The van der Waals surface area contributed by atoms with Crippen LogP contribution in [0.15, 0.2) is 0 Å². The average Bonchev–Trinajstić information content (AvgIpc) is 2.32. The Morgan fingerprint density at radius 3 is 2.45 bits per heavy atom. The van der Waals surface area contributed by atoms with E-state index < -0.39 is 15.6 Å². The highest BCUT2D eigenvalue weighted by Gasteiger charge is 2.23. The first-order valence-corrected chi connectivity index (χ1v) is 9.03. The van der Waals surface area contributed by atoms with Crippen LogP contribution in [0.4, 0.5) is 0 Å². The van der Waals surface area contributed by atoms with Crippen LogP contribution in [0.2, 0.25) is 0 Å². The number of amides is 1. The van der Waals surface area contributed by atoms with Gasteiger partial charge in [-0.3, -0.25) is 4.79 Å². The van der Waals surface area contributed by atoms with Gasteiger partial charge in [0.2, 0.25) is 15.9 Å². The zero-order valence-corrected chi connectivity index (χ0v) is 13.5. The molecule has 3 N–H and O–H groups in total. The van der Waals surface area contributed by atoms with E-state index in [9.17, 15) is 13.2 Å². The summed E-state index contributed by atoms with van der Waals surface area (Å²) in [7, 11) is -3.27. The second kappa shape index (κ2) is 7.38. The molecular formula is C13H27N3O3S. The van der Waals surface area contributed by atoms with Gasteiger partial charge in [0, 0.05) is 18.5 Å². The Morgan fingerprint density at radius 2 is 1.90 bits per heavy atom. The van der Waals surface area contributed by atoms with Gasteiger partial charge in [-0.1, -0.05) is 0 Å². The minimum atomic E-state index is -3.27. The van der Waals surface area contributed by atoms with Crippen molar-refractivity contribution in [3.05, 3.63) is 0 Å². The van der Waals surface area contributed by atoms with E-state index in [1.165, 1.54) is 0 Å². The molecule has 0 unspecified atom stereocenters. The van der Waals surface area contributed by atoms with Gasteiger partial charge >= 0.3 is 0 Å². The molecule has 7 heteroatoms. The second-order valence-corrected chi connectivity index (χ2v) is 8.02. The molecular weight excluding hydrogens is 278 g/mol. The van der Waals surface area contributed by atoms with E-state index in [0.717, 1.165) is 38.6 Å². The van der Waals surface area contributed by atoms with Gasteiger partial charge in [0.1, 0.15) is 0 Å². The molecule has 0 aromatic heterocycles. The summed E-state index contributed by atoms with van der Waals surface area (Å²) in [5.41, 5.74) is -0.669. The van der Waals surface area contributed by atoms with Crippen molar-refractivity contribution in [1.29, 1.82) is 0 Å². The molecule has 1 aliphatic rings. The number of sulfonamides is 1. The van der Waals surface area contributed by atoms with Crippen molar-refractivity contribution < 1.29 is 13.2 Å². The highest BCUT2D eigenvalue weighted by molar-refractivity contribution is 7.88. The third-order valence-corrected chi connectivity index (χ3v) is 4.35. The summed E-state index contributed by atoms with van der Waals surface area (Å²) in [6.45, 7) is 5.88. The van der Waals surface area contributed by atoms with Crippen LogP contribution in [0.25, 0.3) is 0 Å². The molecule has 1 amide bonds. The fraction of sp³-hybridized carbons (Fsp3) is 0.923. The Bertz CT molecular complexity index is 415. The standard InChI is InChI=1S/C13H27N3O3S/c1-13(2,16-20(3,18)19)10-15-12(17)5-4-11-6-8-14-9-7-11/h11,14,16H,4-10H2,1-3H3,(H,15,17). The van der Waals surface area contributed by atoms with E-state index in [1.54, 1.807) is 13.8 Å². The molecule has 0 aromatic rings. The molecule has 1 aliphatic heterocycles. The maximum absolute atomic E-state index is 11.8. The van der Waals surface area contributed by atoms with E-state index in [-0.39, 0.29) is 5.91 Å². The minimum Gasteiger partial charge on any atom is -0.354 e. The van der Waals surface area contributed by atoms with Gasteiger partial charge in [0.15, 0.2) is 0 Å². The van der Waals surface area contributed by atoms with E-state index in [2.05, 4.69) is 15.4 Å². The molecule has 0 spiro atoms. The van der Waals surface area contributed by atoms with Gasteiger partial charge in [-0.2, -0.15) is 0 Å². The lowest BCUT2D eigenvalue weighted by Gasteiger charge is -2.26. The van der Waals surface area contributed by atoms with E-state index in [4.69, 9.17) is 0 Å². The zero-order valence-electron chi connectivity index (χ0n) is 12.7. The van der Waals surface area contributed by atoms with Crippen LogP contribution in [-0.4, -0.2) is 45.8 Å². The SMILES string of the molecule is CC(C)(CNC(=O)CCC1CCNCC1)NS(C)(=O)=O. The Kier molecular flexibility index (Phi) is 6.42. The maximum Gasteiger partial charge on any atom is 0.220 e. The Hall–Kier alpha value is -0.660. The summed E-state index contributed by atoms with van der Waals surface area (Å²) in [4.78, 5) is 11.8. The number of piperidine rings is 1. The Labute approximate surface area is 122 Å². The number of carbonyl (C=O) groups is 1. The second-order valence-electron chi connectivity index (χ2n) is 6.27. The van der Waals surface area contributed by atoms with Crippen LogP contribution in [-0.2, 0) is 14.8 Å². The normalized spacial score (nSPS) is 17.9. The van der Waals surface area contributed by atoms with Gasteiger partial charge < -0.3 is 10.6 Å². The van der Waals surface area contributed by atoms with Crippen molar-refractivity contribution in [2.45, 2.75) is 45.1 Å². The summed E-state index contributed by atoms with van der Waals surface area (Å²) in [5, 5.41) is 6.11. The highest BCUT2D eigenvalue weighted by Crippen LogP contribution is 2.17. The molecule has 1 heterocycles. The fourth-order valence-corrected chi connectivity index (χ4v) is 3.53. The monoisotopic (exact) mass is 305 g/mol. The lowest BCUT2D eigenvalue weighted by Crippen LogP contribution is -2.51. The van der Waals surface area contributed by atoms with Crippen molar-refractivity contribution in [1.82, 2.24) is 15.4 Å². The van der Waals surface area contributed by atoms with Crippen molar-refractivity contribution in [3.63, 3.8) is 0 Å². The lowest BCUT2D eigenvalue weighted by molar-refractivity contribution is -0.121. The van der Waals surface area contributed by atoms with Gasteiger partial charge in [-0.25, -0.2) is 13.1 Å². The molecule has 118 valence electrons. The van der Waals surface area contributed by atoms with Crippen LogP contribution >= 0.6 is 0 Å². The predicted octanol–water partition coefficient (Wildman–Crippen LogP) is 0.210. The summed E-state index contributed by atoms with van der Waals surface area (Å²) in [6.07, 6.45) is 4.81. The minimum absolute atomic E-state index is 0.00749. The third kappa shape index (κ3) is 7.81. The molecule has 0 aliphatic carbocycles. The average molecular weight is 305 g/mol. The number of nitrogens with one attached hydrogen (secondary N) is 3. The van der Waals surface area contributed by atoms with Gasteiger partial charge in [0.25, 0.3) is 0 Å². The Morgan fingerprint density at radius 1 is 1.30 bits per heavy atom. The van der Waals surface area contributed by atoms with E-state index >= 15 is 0 Å². The first-order valence-electron chi connectivity index (χ1n) is 7.14. The van der Waals surface area contributed by atoms with Crippen molar-refractivity contribution in [2.75, 3.05) is 25.9 Å². The van der Waals surface area contributed by atoms with Crippen molar-refractivity contribution >= 4 is 15.9 Å². The quantitative estimate of drug-likeness (QED) is 0.627. The highest BCUT2D eigenvalue weighted by atomic mass is 32.2. The molecule has 0 atom stereocenters. The molecule has 20 heavy (non-hydrogen) atoms. The third-order valence-electron chi connectivity index (χ3n) is 3.43. The molecule has 0 radical (unpaired) electrons. The van der Waals surface area contributed by atoms with E-state index in [1.807, 2.05) is 0 Å². The molecule has 1 fully saturated rings. The number of hydrogen-bond acceptors (Lipinski definition) is 4. The molecule has 1 saturated heterocycles. The van der Waals surface area contributed by atoms with Gasteiger partial charge in [0.05, 0.1) is 6.26 Å². The van der Waals surface area contributed by atoms with Crippen LogP contribution in [0.3, 0.4) is 0 Å². The topological polar surface area (TPSA) is 87.3 Å². The molecule has 0 saturated carbocycles. The largest absolute Gasteiger partial charge is 0.354 e. The zero-order chi connectivity index (χ0) is 15.2. The van der Waals surface area contributed by atoms with Crippen LogP contribution in [0.1, 0.15) is 39.5 Å². The maximum atomic E-state index is 11.8. The summed E-state index contributed by atoms with van der Waals surface area (Å²) >= 11 is 0. The van der Waals surface area contributed by atoms with Crippen LogP contribution in [0, 0.1) is 5.92 Å². The fourth-order valence-electron chi connectivity index (χ4n) is 2.45. The first kappa shape index (κ1) is 17.4. The summed E-state index contributed by atoms with van der Waals surface area (Å²) in [6, 6.07) is 0. The van der Waals surface area contributed by atoms with Gasteiger partial charge in [-0.15, -0.1) is 0 Å². The molecule has 6 nitrogen and oxygen atoms in total. The molecule has 1 rings (SSSR count). The molecule has 0 bridgehead atoms. The number of rotatable bonds is 7. The van der Waals surface area contributed by atoms with Crippen LogP contribution < -0.4 is 15.4 Å². The first-order chi connectivity index (χ1) is 9.18. The number of hydrogen-bond donors (Lipinski definition) is 3.